The lowest BCUT2D eigenvalue weighted by atomic mass is 10.0. The second kappa shape index (κ2) is 10.9. The van der Waals surface area contributed by atoms with Crippen LogP contribution in [-0.2, 0) is 27.6 Å². The number of hydroxylamine groups is 1. The molecule has 0 aliphatic rings. The summed E-state index contributed by atoms with van der Waals surface area (Å²) in [5.41, 5.74) is 1.55. The third kappa shape index (κ3) is 6.57. The fourth-order valence-corrected chi connectivity index (χ4v) is 5.67. The van der Waals surface area contributed by atoms with Gasteiger partial charge in [-0.2, -0.15) is 4.72 Å². The molecule has 0 saturated carbocycles. The number of aromatic nitrogens is 3. The second-order valence-electron chi connectivity index (χ2n) is 7.81. The Morgan fingerprint density at radius 1 is 1.18 bits per heavy atom. The van der Waals surface area contributed by atoms with Gasteiger partial charge in [0.05, 0.1) is 10.6 Å². The molecular formula is C21H24BrN5O5S2. The number of thioether (sulfide) groups is 1. The summed E-state index contributed by atoms with van der Waals surface area (Å²) >= 11 is 4.65. The van der Waals surface area contributed by atoms with Crippen LogP contribution < -0.4 is 14.9 Å². The molecule has 1 amide bonds. The minimum absolute atomic E-state index is 0.0551. The van der Waals surface area contributed by atoms with Crippen molar-refractivity contribution in [2.75, 3.05) is 0 Å². The van der Waals surface area contributed by atoms with Crippen LogP contribution in [-0.4, -0.2) is 45.1 Å². The first kappa shape index (κ1) is 26.2. The molecule has 0 aliphatic carbocycles. The summed E-state index contributed by atoms with van der Waals surface area (Å²) in [4.78, 5) is 12.4. The Morgan fingerprint density at radius 2 is 1.76 bits per heavy atom. The highest BCUT2D eigenvalue weighted by molar-refractivity contribution is 9.10. The first-order valence-corrected chi connectivity index (χ1v) is 13.2. The Morgan fingerprint density at radius 3 is 2.29 bits per heavy atom. The molecule has 0 fully saturated rings. The van der Waals surface area contributed by atoms with Gasteiger partial charge in [0.15, 0.2) is 0 Å². The van der Waals surface area contributed by atoms with Crippen LogP contribution in [0.5, 0.6) is 11.5 Å². The molecule has 0 radical (unpaired) electrons. The minimum atomic E-state index is -4.10. The summed E-state index contributed by atoms with van der Waals surface area (Å²) in [6, 6.07) is 11.7. The molecule has 0 unspecified atom stereocenters. The highest BCUT2D eigenvalue weighted by Gasteiger charge is 2.39. The van der Waals surface area contributed by atoms with E-state index in [1.165, 1.54) is 36.0 Å². The topological polar surface area (TPSA) is 135 Å². The van der Waals surface area contributed by atoms with Gasteiger partial charge in [-0.25, -0.2) is 13.9 Å². The van der Waals surface area contributed by atoms with E-state index in [1.807, 2.05) is 12.1 Å². The van der Waals surface area contributed by atoms with Crippen LogP contribution in [0.15, 0.2) is 64.2 Å². The second-order valence-corrected chi connectivity index (χ2v) is 12.1. The molecule has 3 aromatic rings. The number of amides is 1. The molecule has 0 spiro atoms. The zero-order valence-electron chi connectivity index (χ0n) is 18.6. The quantitative estimate of drug-likeness (QED) is 0.250. The van der Waals surface area contributed by atoms with E-state index in [9.17, 15) is 18.4 Å². The SMILES string of the molecule is Cn1cnnc1CSC(C)(C)[C@H](NS(=O)(=O)c1ccc(Oc2ccc(Br)cc2)cc1)C(=O)NO. The van der Waals surface area contributed by atoms with Gasteiger partial charge >= 0.3 is 0 Å². The Labute approximate surface area is 210 Å². The maximum atomic E-state index is 13.0. The number of carbonyl (C=O) groups is 1. The molecule has 2 aromatic carbocycles. The lowest BCUT2D eigenvalue weighted by Crippen LogP contribution is -2.55. The Balaban J connectivity index is 1.75. The van der Waals surface area contributed by atoms with Crippen LogP contribution in [0.3, 0.4) is 0 Å². The van der Waals surface area contributed by atoms with Crippen LogP contribution >= 0.6 is 27.7 Å². The van der Waals surface area contributed by atoms with E-state index in [0.717, 1.165) is 4.47 Å². The smallest absolute Gasteiger partial charge is 0.262 e. The normalized spacial score (nSPS) is 12.9. The van der Waals surface area contributed by atoms with Crippen molar-refractivity contribution in [1.82, 2.24) is 25.0 Å². The number of carbonyl (C=O) groups excluding carboxylic acids is 1. The molecule has 3 N–H and O–H groups in total. The lowest BCUT2D eigenvalue weighted by Gasteiger charge is -2.32. The number of nitrogens with zero attached hydrogens (tertiary/aromatic N) is 3. The van der Waals surface area contributed by atoms with E-state index in [2.05, 4.69) is 30.8 Å². The molecule has 13 heteroatoms. The van der Waals surface area contributed by atoms with Crippen LogP contribution in [0.2, 0.25) is 0 Å². The van der Waals surface area contributed by atoms with Gasteiger partial charge in [0.2, 0.25) is 10.0 Å². The van der Waals surface area contributed by atoms with Crippen LogP contribution in [0, 0.1) is 0 Å². The Hall–Kier alpha value is -2.45. The summed E-state index contributed by atoms with van der Waals surface area (Å²) in [6.07, 6.45) is 1.55. The number of aryl methyl sites for hydroxylation is 1. The summed E-state index contributed by atoms with van der Waals surface area (Å²) in [5, 5.41) is 17.0. The third-order valence-corrected chi connectivity index (χ3v) is 8.25. The number of hydrogen-bond donors (Lipinski definition) is 3. The molecule has 1 aromatic heterocycles. The van der Waals surface area contributed by atoms with E-state index in [1.54, 1.807) is 49.4 Å². The zero-order valence-corrected chi connectivity index (χ0v) is 21.8. The van der Waals surface area contributed by atoms with E-state index in [4.69, 9.17) is 4.74 Å². The van der Waals surface area contributed by atoms with E-state index >= 15 is 0 Å². The van der Waals surface area contributed by atoms with Gasteiger partial charge in [-0.1, -0.05) is 15.9 Å². The summed E-state index contributed by atoms with van der Waals surface area (Å²) < 4.78 is 35.9. The molecule has 0 saturated heterocycles. The van der Waals surface area contributed by atoms with E-state index in [-0.39, 0.29) is 4.90 Å². The van der Waals surface area contributed by atoms with Crippen molar-refractivity contribution in [3.63, 3.8) is 0 Å². The molecule has 1 atom stereocenters. The average molecular weight is 570 g/mol. The number of halogens is 1. The number of sulfonamides is 1. The molecule has 0 aliphatic heterocycles. The molecule has 0 bridgehead atoms. The summed E-state index contributed by atoms with van der Waals surface area (Å²) in [5.74, 6) is 1.20. The van der Waals surface area contributed by atoms with Gasteiger partial charge in [-0.05, 0) is 62.4 Å². The van der Waals surface area contributed by atoms with Crippen molar-refractivity contribution in [2.45, 2.75) is 35.3 Å². The molecule has 182 valence electrons. The number of ether oxygens (including phenoxy) is 1. The van der Waals surface area contributed by atoms with Crippen LogP contribution in [0.4, 0.5) is 0 Å². The first-order chi connectivity index (χ1) is 16.0. The van der Waals surface area contributed by atoms with Gasteiger partial charge < -0.3 is 9.30 Å². The number of benzene rings is 2. The third-order valence-electron chi connectivity index (χ3n) is 4.90. The van der Waals surface area contributed by atoms with Gasteiger partial charge in [0.1, 0.15) is 29.7 Å². The van der Waals surface area contributed by atoms with E-state index in [0.29, 0.717) is 23.1 Å². The predicted molar refractivity (Wildman–Crippen MR) is 131 cm³/mol. The van der Waals surface area contributed by atoms with Crippen LogP contribution in [0.1, 0.15) is 19.7 Å². The van der Waals surface area contributed by atoms with Crippen molar-refractivity contribution < 1.29 is 23.2 Å². The number of rotatable bonds is 10. The fraction of sp³-hybridized carbons (Fsp3) is 0.286. The highest BCUT2D eigenvalue weighted by atomic mass is 79.9. The monoisotopic (exact) mass is 569 g/mol. The fourth-order valence-electron chi connectivity index (χ4n) is 2.90. The molecule has 10 nitrogen and oxygen atoms in total. The first-order valence-electron chi connectivity index (χ1n) is 9.98. The predicted octanol–water partition coefficient (Wildman–Crippen LogP) is 3.23. The Kier molecular flexibility index (Phi) is 8.36. The van der Waals surface area contributed by atoms with Crippen molar-refractivity contribution in [3.05, 3.63) is 65.2 Å². The maximum absolute atomic E-state index is 13.0. The minimum Gasteiger partial charge on any atom is -0.457 e. The number of hydrogen-bond acceptors (Lipinski definition) is 8. The van der Waals surface area contributed by atoms with Gasteiger partial charge in [-0.15, -0.1) is 22.0 Å². The Bertz CT molecular complexity index is 1230. The summed E-state index contributed by atoms with van der Waals surface area (Å²) in [6.45, 7) is 3.40. The standard InChI is InChI=1S/C21H24BrN5O5S2/c1-21(2,33-12-18-24-23-13-27(18)3)19(20(28)25-29)26-34(30,31)17-10-8-16(9-11-17)32-15-6-4-14(22)5-7-15/h4-11,13,19,26,29H,12H2,1-3H3,(H,25,28)/t19-/m1/s1. The van der Waals surface area contributed by atoms with Crippen LogP contribution in [0.25, 0.3) is 0 Å². The van der Waals surface area contributed by atoms with E-state index < -0.39 is 26.7 Å². The van der Waals surface area contributed by atoms with Crippen molar-refractivity contribution in [3.8, 4) is 11.5 Å². The lowest BCUT2D eigenvalue weighted by molar-refractivity contribution is -0.131. The average Bonchev–Trinajstić information content (AvgIpc) is 3.22. The highest BCUT2D eigenvalue weighted by Crippen LogP contribution is 2.32. The largest absolute Gasteiger partial charge is 0.457 e. The molecular weight excluding hydrogens is 546 g/mol. The maximum Gasteiger partial charge on any atom is 0.262 e. The van der Waals surface area contributed by atoms with Gasteiger partial charge in [0, 0.05) is 16.3 Å². The van der Waals surface area contributed by atoms with Gasteiger partial charge in [-0.3, -0.25) is 10.0 Å². The molecule has 34 heavy (non-hydrogen) atoms. The number of nitrogens with one attached hydrogen (secondary N) is 2. The van der Waals surface area contributed by atoms with Crippen molar-refractivity contribution in [2.24, 2.45) is 7.05 Å². The molecule has 1 heterocycles. The zero-order chi connectivity index (χ0) is 24.9. The van der Waals surface area contributed by atoms with Crippen molar-refractivity contribution >= 4 is 43.6 Å². The van der Waals surface area contributed by atoms with Crippen molar-refractivity contribution in [1.29, 1.82) is 0 Å². The van der Waals surface area contributed by atoms with Gasteiger partial charge in [0.25, 0.3) is 5.91 Å². The molecule has 3 rings (SSSR count). The summed E-state index contributed by atoms with van der Waals surface area (Å²) in [7, 11) is -2.32.